The van der Waals surface area contributed by atoms with Crippen LogP contribution in [0.25, 0.3) is 0 Å². The van der Waals surface area contributed by atoms with Crippen LogP contribution in [0.1, 0.15) is 18.4 Å². The number of pyridine rings is 1. The standard InChI is InChI=1S/C18H20BrN3O2/c1-12-2-4-16(15(19)10-12)21-14-3-5-17(20-11-14)22-18(23)13-6-8-24-9-7-13/h2-5,10-11,13,21H,6-9H2,1H3,(H,20,22,23). The van der Waals surface area contributed by atoms with E-state index in [1.165, 1.54) is 5.56 Å². The predicted octanol–water partition coefficient (Wildman–Crippen LogP) is 4.26. The number of aromatic nitrogens is 1. The second-order valence-electron chi connectivity index (χ2n) is 5.92. The summed E-state index contributed by atoms with van der Waals surface area (Å²) < 4.78 is 6.28. The van der Waals surface area contributed by atoms with Gasteiger partial charge in [0.05, 0.1) is 17.6 Å². The SMILES string of the molecule is Cc1ccc(Nc2ccc(NC(=O)C3CCOCC3)nc2)c(Br)c1. The van der Waals surface area contributed by atoms with Crippen LogP contribution in [0.3, 0.4) is 0 Å². The molecular weight excluding hydrogens is 370 g/mol. The number of amides is 1. The number of aryl methyl sites for hydroxylation is 1. The minimum absolute atomic E-state index is 0.0156. The van der Waals surface area contributed by atoms with Gasteiger partial charge in [-0.1, -0.05) is 6.07 Å². The Labute approximate surface area is 149 Å². The molecular formula is C18H20BrN3O2. The highest BCUT2D eigenvalue weighted by molar-refractivity contribution is 9.10. The van der Waals surface area contributed by atoms with Crippen molar-refractivity contribution in [1.29, 1.82) is 0 Å². The first-order valence-corrected chi connectivity index (χ1v) is 8.79. The van der Waals surface area contributed by atoms with Gasteiger partial charge in [0.15, 0.2) is 0 Å². The molecule has 0 bridgehead atoms. The Morgan fingerprint density at radius 1 is 1.25 bits per heavy atom. The number of halogens is 1. The molecule has 0 aliphatic carbocycles. The number of carbonyl (C=O) groups excluding carboxylic acids is 1. The van der Waals surface area contributed by atoms with Crippen LogP contribution in [0.2, 0.25) is 0 Å². The number of rotatable bonds is 4. The summed E-state index contributed by atoms with van der Waals surface area (Å²) in [5.41, 5.74) is 3.03. The summed E-state index contributed by atoms with van der Waals surface area (Å²) >= 11 is 3.55. The lowest BCUT2D eigenvalue weighted by molar-refractivity contribution is -0.122. The molecule has 0 spiro atoms. The average Bonchev–Trinajstić information content (AvgIpc) is 2.60. The fraction of sp³-hybridized carbons (Fsp3) is 0.333. The van der Waals surface area contributed by atoms with Gasteiger partial charge in [-0.15, -0.1) is 0 Å². The van der Waals surface area contributed by atoms with Crippen molar-refractivity contribution in [2.45, 2.75) is 19.8 Å². The first-order chi connectivity index (χ1) is 11.6. The van der Waals surface area contributed by atoms with Crippen LogP contribution < -0.4 is 10.6 Å². The van der Waals surface area contributed by atoms with Crippen molar-refractivity contribution >= 4 is 39.0 Å². The number of hydrogen-bond acceptors (Lipinski definition) is 4. The lowest BCUT2D eigenvalue weighted by Crippen LogP contribution is -2.28. The van der Waals surface area contributed by atoms with E-state index < -0.39 is 0 Å². The molecule has 5 nitrogen and oxygen atoms in total. The van der Waals surface area contributed by atoms with E-state index in [-0.39, 0.29) is 11.8 Å². The minimum Gasteiger partial charge on any atom is -0.381 e. The summed E-state index contributed by atoms with van der Waals surface area (Å²) in [6, 6.07) is 9.82. The van der Waals surface area contributed by atoms with E-state index in [4.69, 9.17) is 4.74 Å². The third-order valence-electron chi connectivity index (χ3n) is 4.01. The lowest BCUT2D eigenvalue weighted by atomic mass is 9.99. The largest absolute Gasteiger partial charge is 0.381 e. The van der Waals surface area contributed by atoms with Crippen molar-refractivity contribution < 1.29 is 9.53 Å². The predicted molar refractivity (Wildman–Crippen MR) is 98.6 cm³/mol. The quantitative estimate of drug-likeness (QED) is 0.819. The van der Waals surface area contributed by atoms with Gasteiger partial charge in [0, 0.05) is 23.6 Å². The molecule has 1 amide bonds. The molecule has 3 rings (SSSR count). The van der Waals surface area contributed by atoms with Crippen molar-refractivity contribution in [2.75, 3.05) is 23.8 Å². The normalized spacial score (nSPS) is 15.1. The van der Waals surface area contributed by atoms with Crippen molar-refractivity contribution in [3.8, 4) is 0 Å². The number of anilines is 3. The maximum Gasteiger partial charge on any atom is 0.228 e. The van der Waals surface area contributed by atoms with Crippen molar-refractivity contribution in [1.82, 2.24) is 4.98 Å². The van der Waals surface area contributed by atoms with E-state index in [9.17, 15) is 4.79 Å². The Morgan fingerprint density at radius 3 is 2.71 bits per heavy atom. The Bertz CT molecular complexity index is 713. The van der Waals surface area contributed by atoms with Crippen molar-refractivity contribution in [3.05, 3.63) is 46.6 Å². The molecule has 1 aromatic carbocycles. The highest BCUT2D eigenvalue weighted by Gasteiger charge is 2.21. The van der Waals surface area contributed by atoms with Gasteiger partial charge in [-0.2, -0.15) is 0 Å². The molecule has 2 heterocycles. The van der Waals surface area contributed by atoms with E-state index in [2.05, 4.69) is 37.6 Å². The van der Waals surface area contributed by atoms with Crippen LogP contribution in [0, 0.1) is 12.8 Å². The summed E-state index contributed by atoms with van der Waals surface area (Å²) in [5, 5.41) is 6.18. The van der Waals surface area contributed by atoms with Crippen molar-refractivity contribution in [2.24, 2.45) is 5.92 Å². The Morgan fingerprint density at radius 2 is 2.04 bits per heavy atom. The number of benzene rings is 1. The topological polar surface area (TPSA) is 63.2 Å². The molecule has 24 heavy (non-hydrogen) atoms. The maximum absolute atomic E-state index is 12.2. The fourth-order valence-electron chi connectivity index (χ4n) is 2.61. The second kappa shape index (κ2) is 7.77. The Kier molecular flexibility index (Phi) is 5.48. The zero-order chi connectivity index (χ0) is 16.9. The highest BCUT2D eigenvalue weighted by Crippen LogP contribution is 2.27. The molecule has 1 aliphatic rings. The molecule has 0 radical (unpaired) electrons. The second-order valence-corrected chi connectivity index (χ2v) is 6.77. The third kappa shape index (κ3) is 4.33. The van der Waals surface area contributed by atoms with Gasteiger partial charge in [-0.25, -0.2) is 4.98 Å². The Hall–Kier alpha value is -1.92. The maximum atomic E-state index is 12.2. The lowest BCUT2D eigenvalue weighted by Gasteiger charge is -2.21. The monoisotopic (exact) mass is 389 g/mol. The van der Waals surface area contributed by atoms with Gasteiger partial charge in [-0.05, 0) is 65.5 Å². The number of hydrogen-bond donors (Lipinski definition) is 2. The molecule has 6 heteroatoms. The first-order valence-electron chi connectivity index (χ1n) is 7.99. The van der Waals surface area contributed by atoms with E-state index in [1.807, 2.05) is 31.2 Å². The first kappa shape index (κ1) is 16.9. The smallest absolute Gasteiger partial charge is 0.228 e. The van der Waals surface area contributed by atoms with Gasteiger partial charge in [0.1, 0.15) is 5.82 Å². The van der Waals surface area contributed by atoms with Crippen LogP contribution in [0.5, 0.6) is 0 Å². The summed E-state index contributed by atoms with van der Waals surface area (Å²) in [5.74, 6) is 0.606. The molecule has 0 saturated carbocycles. The van der Waals surface area contributed by atoms with E-state index in [1.54, 1.807) is 6.20 Å². The highest BCUT2D eigenvalue weighted by atomic mass is 79.9. The molecule has 2 N–H and O–H groups in total. The molecule has 1 aliphatic heterocycles. The van der Waals surface area contributed by atoms with Gasteiger partial charge >= 0.3 is 0 Å². The van der Waals surface area contributed by atoms with Crippen LogP contribution >= 0.6 is 15.9 Å². The molecule has 1 fully saturated rings. The Balaban J connectivity index is 1.61. The molecule has 2 aromatic rings. The molecule has 126 valence electrons. The zero-order valence-electron chi connectivity index (χ0n) is 13.5. The number of carbonyl (C=O) groups is 1. The van der Waals surface area contributed by atoms with Crippen molar-refractivity contribution in [3.63, 3.8) is 0 Å². The average molecular weight is 390 g/mol. The summed E-state index contributed by atoms with van der Waals surface area (Å²) in [6.07, 6.45) is 3.26. The minimum atomic E-state index is 0.0156. The van der Waals surface area contributed by atoms with Crippen LogP contribution in [0.15, 0.2) is 41.0 Å². The van der Waals surface area contributed by atoms with E-state index >= 15 is 0 Å². The molecule has 1 saturated heterocycles. The molecule has 1 aromatic heterocycles. The number of ether oxygens (including phenoxy) is 1. The molecule has 0 atom stereocenters. The number of nitrogens with zero attached hydrogens (tertiary/aromatic N) is 1. The van der Waals surface area contributed by atoms with Gasteiger partial charge in [-0.3, -0.25) is 4.79 Å². The van der Waals surface area contributed by atoms with Crippen LogP contribution in [-0.2, 0) is 9.53 Å². The van der Waals surface area contributed by atoms with Gasteiger partial charge in [0.25, 0.3) is 0 Å². The van der Waals surface area contributed by atoms with Crippen LogP contribution in [-0.4, -0.2) is 24.1 Å². The van der Waals surface area contributed by atoms with Crippen LogP contribution in [0.4, 0.5) is 17.2 Å². The zero-order valence-corrected chi connectivity index (χ0v) is 15.1. The van der Waals surface area contributed by atoms with E-state index in [0.717, 1.165) is 28.7 Å². The summed E-state index contributed by atoms with van der Waals surface area (Å²) in [4.78, 5) is 16.5. The summed E-state index contributed by atoms with van der Waals surface area (Å²) in [7, 11) is 0. The fourth-order valence-corrected chi connectivity index (χ4v) is 3.20. The van der Waals surface area contributed by atoms with Gasteiger partial charge < -0.3 is 15.4 Å². The summed E-state index contributed by atoms with van der Waals surface area (Å²) in [6.45, 7) is 3.35. The van der Waals surface area contributed by atoms with E-state index in [0.29, 0.717) is 19.0 Å². The van der Waals surface area contributed by atoms with Gasteiger partial charge in [0.2, 0.25) is 5.91 Å². The number of nitrogens with one attached hydrogen (secondary N) is 2. The third-order valence-corrected chi connectivity index (χ3v) is 4.67. The molecule has 0 unspecified atom stereocenters.